The average Bonchev–Trinajstić information content (AvgIpc) is 3.12. The number of aromatic amines is 1. The number of anilines is 1. The van der Waals surface area contributed by atoms with Crippen molar-refractivity contribution in [2.75, 3.05) is 5.32 Å². The van der Waals surface area contributed by atoms with Crippen molar-refractivity contribution in [3.63, 3.8) is 0 Å². The fourth-order valence-corrected chi connectivity index (χ4v) is 3.67. The van der Waals surface area contributed by atoms with Crippen LogP contribution in [0.3, 0.4) is 0 Å². The zero-order valence-electron chi connectivity index (χ0n) is 17.0. The highest BCUT2D eigenvalue weighted by atomic mass is 16.2. The fourth-order valence-electron chi connectivity index (χ4n) is 3.67. The van der Waals surface area contributed by atoms with Crippen molar-refractivity contribution in [3.05, 3.63) is 46.8 Å². The highest BCUT2D eigenvalue weighted by Gasteiger charge is 2.18. The number of hydrogen-bond donors (Lipinski definition) is 3. The number of benzene rings is 1. The van der Waals surface area contributed by atoms with Gasteiger partial charge in [0.1, 0.15) is 0 Å². The van der Waals surface area contributed by atoms with Crippen LogP contribution < -0.4 is 10.6 Å². The molecule has 0 spiro atoms. The third kappa shape index (κ3) is 5.21. The Morgan fingerprint density at radius 3 is 2.57 bits per heavy atom. The summed E-state index contributed by atoms with van der Waals surface area (Å²) in [4.78, 5) is 25.0. The van der Waals surface area contributed by atoms with Crippen molar-refractivity contribution in [1.29, 1.82) is 0 Å². The summed E-state index contributed by atoms with van der Waals surface area (Å²) in [6.45, 7) is 6.13. The molecule has 6 nitrogen and oxygen atoms in total. The van der Waals surface area contributed by atoms with Crippen LogP contribution in [-0.2, 0) is 6.42 Å². The first-order valence-electron chi connectivity index (χ1n) is 10.2. The van der Waals surface area contributed by atoms with Gasteiger partial charge in [0.05, 0.1) is 0 Å². The molecule has 0 radical (unpaired) electrons. The van der Waals surface area contributed by atoms with Gasteiger partial charge in [0.2, 0.25) is 0 Å². The van der Waals surface area contributed by atoms with Gasteiger partial charge in [-0.1, -0.05) is 33.1 Å². The van der Waals surface area contributed by atoms with E-state index in [0.717, 1.165) is 30.5 Å². The summed E-state index contributed by atoms with van der Waals surface area (Å²) in [5.41, 5.74) is 3.48. The number of amides is 2. The molecule has 1 aromatic heterocycles. The third-order valence-electron chi connectivity index (χ3n) is 5.17. The molecular formula is C22H30N4O2. The minimum Gasteiger partial charge on any atom is -0.349 e. The van der Waals surface area contributed by atoms with Crippen molar-refractivity contribution in [2.24, 2.45) is 5.92 Å². The number of rotatable bonds is 6. The standard InChI is InChI=1S/C22H30N4O2/c1-14(2)11-18-13-20(26-25-18)22(28)24-19-10-9-16(12-15(19)3)21(27)23-17-7-5-4-6-8-17/h9-10,12-14,17H,4-8,11H2,1-3H3,(H,23,27)(H,24,28)(H,25,26). The van der Waals surface area contributed by atoms with E-state index in [2.05, 4.69) is 34.7 Å². The van der Waals surface area contributed by atoms with Crippen LogP contribution in [0.4, 0.5) is 5.69 Å². The van der Waals surface area contributed by atoms with Gasteiger partial charge in [-0.2, -0.15) is 5.10 Å². The van der Waals surface area contributed by atoms with Gasteiger partial charge >= 0.3 is 0 Å². The Morgan fingerprint density at radius 1 is 1.14 bits per heavy atom. The van der Waals surface area contributed by atoms with Crippen LogP contribution in [-0.4, -0.2) is 28.1 Å². The molecule has 1 aliphatic carbocycles. The van der Waals surface area contributed by atoms with Gasteiger partial charge in [0.25, 0.3) is 11.8 Å². The van der Waals surface area contributed by atoms with Crippen LogP contribution in [0.2, 0.25) is 0 Å². The molecular weight excluding hydrogens is 352 g/mol. The molecule has 3 rings (SSSR count). The summed E-state index contributed by atoms with van der Waals surface area (Å²) >= 11 is 0. The lowest BCUT2D eigenvalue weighted by molar-refractivity contribution is 0.0927. The smallest absolute Gasteiger partial charge is 0.276 e. The maximum Gasteiger partial charge on any atom is 0.276 e. The van der Waals surface area contributed by atoms with E-state index in [1.165, 1.54) is 19.3 Å². The second-order valence-electron chi connectivity index (χ2n) is 8.17. The van der Waals surface area contributed by atoms with Crippen LogP contribution in [0.25, 0.3) is 0 Å². The molecule has 28 heavy (non-hydrogen) atoms. The normalized spacial score (nSPS) is 14.9. The van der Waals surface area contributed by atoms with Gasteiger partial charge in [-0.25, -0.2) is 0 Å². The van der Waals surface area contributed by atoms with Crippen LogP contribution >= 0.6 is 0 Å². The summed E-state index contributed by atoms with van der Waals surface area (Å²) in [7, 11) is 0. The quantitative estimate of drug-likeness (QED) is 0.699. The molecule has 0 atom stereocenters. The topological polar surface area (TPSA) is 86.9 Å². The zero-order chi connectivity index (χ0) is 20.1. The van der Waals surface area contributed by atoms with E-state index in [1.807, 2.05) is 13.0 Å². The van der Waals surface area contributed by atoms with Gasteiger partial charge in [-0.15, -0.1) is 0 Å². The van der Waals surface area contributed by atoms with Crippen LogP contribution in [0.1, 0.15) is 78.1 Å². The second kappa shape index (κ2) is 9.04. The maximum absolute atomic E-state index is 12.5. The summed E-state index contributed by atoms with van der Waals surface area (Å²) in [5, 5.41) is 13.0. The molecule has 0 saturated heterocycles. The van der Waals surface area contributed by atoms with E-state index in [0.29, 0.717) is 22.9 Å². The van der Waals surface area contributed by atoms with Gasteiger partial charge in [-0.05, 0) is 61.9 Å². The summed E-state index contributed by atoms with van der Waals surface area (Å²) < 4.78 is 0. The van der Waals surface area contributed by atoms with E-state index < -0.39 is 0 Å². The average molecular weight is 383 g/mol. The zero-order valence-corrected chi connectivity index (χ0v) is 17.0. The van der Waals surface area contributed by atoms with E-state index >= 15 is 0 Å². The second-order valence-corrected chi connectivity index (χ2v) is 8.17. The Hall–Kier alpha value is -2.63. The fraction of sp³-hybridized carbons (Fsp3) is 0.500. The monoisotopic (exact) mass is 382 g/mol. The number of carbonyl (C=O) groups is 2. The van der Waals surface area contributed by atoms with E-state index in [-0.39, 0.29) is 17.9 Å². The molecule has 0 bridgehead atoms. The first-order valence-corrected chi connectivity index (χ1v) is 10.2. The van der Waals surface area contributed by atoms with Crippen LogP contribution in [0, 0.1) is 12.8 Å². The molecule has 150 valence electrons. The van der Waals surface area contributed by atoms with Crippen LogP contribution in [0.15, 0.2) is 24.3 Å². The van der Waals surface area contributed by atoms with Crippen LogP contribution in [0.5, 0.6) is 0 Å². The van der Waals surface area contributed by atoms with E-state index in [9.17, 15) is 9.59 Å². The summed E-state index contributed by atoms with van der Waals surface area (Å²) in [6.07, 6.45) is 6.59. The number of nitrogens with one attached hydrogen (secondary N) is 3. The number of carbonyl (C=O) groups excluding carboxylic acids is 2. The first kappa shape index (κ1) is 20.1. The summed E-state index contributed by atoms with van der Waals surface area (Å²) in [5.74, 6) is 0.193. The molecule has 1 fully saturated rings. The number of nitrogens with zero attached hydrogens (tertiary/aromatic N) is 1. The molecule has 1 aromatic carbocycles. The first-order chi connectivity index (χ1) is 13.4. The summed E-state index contributed by atoms with van der Waals surface area (Å²) in [6, 6.07) is 7.43. The lowest BCUT2D eigenvalue weighted by Crippen LogP contribution is -2.36. The largest absolute Gasteiger partial charge is 0.349 e. The molecule has 1 saturated carbocycles. The molecule has 2 amide bonds. The maximum atomic E-state index is 12.5. The van der Waals surface area contributed by atoms with E-state index in [4.69, 9.17) is 0 Å². The van der Waals surface area contributed by atoms with Crippen molar-refractivity contribution in [3.8, 4) is 0 Å². The predicted molar refractivity (Wildman–Crippen MR) is 111 cm³/mol. The third-order valence-corrected chi connectivity index (χ3v) is 5.17. The Kier molecular flexibility index (Phi) is 6.49. The molecule has 0 aliphatic heterocycles. The Labute approximate surface area is 166 Å². The van der Waals surface area contributed by atoms with Gasteiger partial charge < -0.3 is 10.6 Å². The van der Waals surface area contributed by atoms with E-state index in [1.54, 1.807) is 18.2 Å². The van der Waals surface area contributed by atoms with Gasteiger partial charge in [0.15, 0.2) is 5.69 Å². The number of H-pyrrole nitrogens is 1. The lowest BCUT2D eigenvalue weighted by Gasteiger charge is -2.23. The SMILES string of the molecule is Cc1cc(C(=O)NC2CCCCC2)ccc1NC(=O)c1cc(CC(C)C)[nH]n1. The van der Waals surface area contributed by atoms with Crippen molar-refractivity contribution in [1.82, 2.24) is 15.5 Å². The molecule has 0 unspecified atom stereocenters. The minimum atomic E-state index is -0.256. The minimum absolute atomic E-state index is 0.0431. The number of aromatic nitrogens is 2. The highest BCUT2D eigenvalue weighted by Crippen LogP contribution is 2.20. The molecule has 2 aromatic rings. The number of hydrogen-bond acceptors (Lipinski definition) is 3. The van der Waals surface area contributed by atoms with Crippen molar-refractivity contribution >= 4 is 17.5 Å². The van der Waals surface area contributed by atoms with Crippen molar-refractivity contribution in [2.45, 2.75) is 65.3 Å². The highest BCUT2D eigenvalue weighted by molar-refractivity contribution is 6.03. The lowest BCUT2D eigenvalue weighted by atomic mass is 9.95. The van der Waals surface area contributed by atoms with Gasteiger partial charge in [-0.3, -0.25) is 14.7 Å². The Bertz CT molecular complexity index is 835. The molecule has 1 heterocycles. The predicted octanol–water partition coefficient (Wildman–Crippen LogP) is 4.23. The van der Waals surface area contributed by atoms with Gasteiger partial charge in [0, 0.05) is 23.0 Å². The number of aryl methyl sites for hydroxylation is 1. The Balaban J connectivity index is 1.62. The molecule has 1 aliphatic rings. The Morgan fingerprint density at radius 2 is 1.89 bits per heavy atom. The van der Waals surface area contributed by atoms with Crippen molar-refractivity contribution < 1.29 is 9.59 Å². The molecule has 6 heteroatoms. The molecule has 3 N–H and O–H groups in total.